The van der Waals surface area contributed by atoms with Gasteiger partial charge < -0.3 is 5.32 Å². The fraction of sp³-hybridized carbons (Fsp3) is 0.0588. The third-order valence-electron chi connectivity index (χ3n) is 3.71. The lowest BCUT2D eigenvalue weighted by molar-refractivity contribution is -0.384. The summed E-state index contributed by atoms with van der Waals surface area (Å²) in [5, 5.41) is 19.7. The molecule has 0 atom stereocenters. The number of aromatic nitrogens is 2. The third-order valence-corrected chi connectivity index (χ3v) is 3.71. The van der Waals surface area contributed by atoms with Crippen LogP contribution in [0.1, 0.15) is 15.9 Å². The second-order valence-electron chi connectivity index (χ2n) is 5.38. The Morgan fingerprint density at radius 3 is 2.58 bits per heavy atom. The van der Waals surface area contributed by atoms with Gasteiger partial charge in [-0.2, -0.15) is 5.10 Å². The molecule has 0 aliphatic rings. The van der Waals surface area contributed by atoms with Crippen molar-refractivity contribution in [3.8, 4) is 11.3 Å². The molecule has 0 fully saturated rings. The average Bonchev–Trinajstić information content (AvgIpc) is 3.10. The molecule has 0 aliphatic carbocycles. The summed E-state index contributed by atoms with van der Waals surface area (Å²) in [6.07, 6.45) is 1.30. The van der Waals surface area contributed by atoms with Gasteiger partial charge in [0.05, 0.1) is 22.4 Å². The van der Waals surface area contributed by atoms with E-state index in [0.717, 1.165) is 12.1 Å². The van der Waals surface area contributed by atoms with Gasteiger partial charge in [0, 0.05) is 35.9 Å². The van der Waals surface area contributed by atoms with Gasteiger partial charge in [-0.1, -0.05) is 6.07 Å². The molecule has 0 radical (unpaired) electrons. The minimum Gasteiger partial charge on any atom is -0.348 e. The number of carbonyl (C=O) groups is 1. The van der Waals surface area contributed by atoms with Crippen molar-refractivity contribution < 1.29 is 18.5 Å². The molecule has 0 saturated carbocycles. The Labute approximate surface area is 145 Å². The fourth-order valence-corrected chi connectivity index (χ4v) is 2.36. The molecule has 9 heteroatoms. The second-order valence-corrected chi connectivity index (χ2v) is 5.38. The Hall–Kier alpha value is -3.62. The molecule has 7 nitrogen and oxygen atoms in total. The SMILES string of the molecule is O=C(NCc1ccc(F)cc1F)c1cn[nH]c1-c1ccc([N+](=O)[O-])cc1. The topological polar surface area (TPSA) is 101 Å². The molecule has 132 valence electrons. The van der Waals surface area contributed by atoms with Crippen molar-refractivity contribution in [2.75, 3.05) is 0 Å². The number of benzene rings is 2. The van der Waals surface area contributed by atoms with Gasteiger partial charge in [0.15, 0.2) is 0 Å². The molecule has 0 unspecified atom stereocenters. The Morgan fingerprint density at radius 2 is 1.92 bits per heavy atom. The number of H-pyrrole nitrogens is 1. The Balaban J connectivity index is 1.77. The van der Waals surface area contributed by atoms with E-state index in [1.807, 2.05) is 0 Å². The highest BCUT2D eigenvalue weighted by molar-refractivity contribution is 5.99. The van der Waals surface area contributed by atoms with Crippen LogP contribution in [0, 0.1) is 21.7 Å². The van der Waals surface area contributed by atoms with Crippen molar-refractivity contribution in [2.45, 2.75) is 6.54 Å². The number of nitrogens with zero attached hydrogens (tertiary/aromatic N) is 2. The smallest absolute Gasteiger partial charge is 0.269 e. The molecule has 0 spiro atoms. The summed E-state index contributed by atoms with van der Waals surface area (Å²) in [6, 6.07) is 8.69. The normalized spacial score (nSPS) is 10.5. The van der Waals surface area contributed by atoms with E-state index in [1.165, 1.54) is 36.5 Å². The van der Waals surface area contributed by atoms with Crippen molar-refractivity contribution in [3.63, 3.8) is 0 Å². The molecule has 1 aromatic heterocycles. The zero-order valence-electron chi connectivity index (χ0n) is 13.2. The van der Waals surface area contributed by atoms with E-state index < -0.39 is 22.5 Å². The lowest BCUT2D eigenvalue weighted by atomic mass is 10.1. The van der Waals surface area contributed by atoms with Gasteiger partial charge in [-0.05, 0) is 18.2 Å². The third kappa shape index (κ3) is 3.56. The quantitative estimate of drug-likeness (QED) is 0.540. The summed E-state index contributed by atoms with van der Waals surface area (Å²) in [5.74, 6) is -1.98. The molecule has 1 heterocycles. The van der Waals surface area contributed by atoms with Gasteiger partial charge in [-0.25, -0.2) is 8.78 Å². The number of nitro groups is 1. The van der Waals surface area contributed by atoms with Crippen LogP contribution in [0.15, 0.2) is 48.7 Å². The lowest BCUT2D eigenvalue weighted by Gasteiger charge is -2.07. The van der Waals surface area contributed by atoms with Crippen molar-refractivity contribution in [1.82, 2.24) is 15.5 Å². The van der Waals surface area contributed by atoms with Gasteiger partial charge in [0.1, 0.15) is 11.6 Å². The molecular formula is C17H12F2N4O3. The first-order chi connectivity index (χ1) is 12.5. The number of amides is 1. The van der Waals surface area contributed by atoms with E-state index in [-0.39, 0.29) is 23.4 Å². The van der Waals surface area contributed by atoms with E-state index in [2.05, 4.69) is 15.5 Å². The highest BCUT2D eigenvalue weighted by atomic mass is 19.1. The van der Waals surface area contributed by atoms with E-state index in [4.69, 9.17) is 0 Å². The Bertz CT molecular complexity index is 970. The number of rotatable bonds is 5. The summed E-state index contributed by atoms with van der Waals surface area (Å²) in [5.41, 5.74) is 1.16. The van der Waals surface area contributed by atoms with Gasteiger partial charge in [0.25, 0.3) is 11.6 Å². The van der Waals surface area contributed by atoms with Gasteiger partial charge in [-0.15, -0.1) is 0 Å². The number of nitrogens with one attached hydrogen (secondary N) is 2. The van der Waals surface area contributed by atoms with Crippen molar-refractivity contribution in [2.24, 2.45) is 0 Å². The summed E-state index contributed by atoms with van der Waals surface area (Å²) in [6.45, 7) is -0.129. The molecule has 3 aromatic rings. The number of carbonyl (C=O) groups excluding carboxylic acids is 1. The average molecular weight is 358 g/mol. The van der Waals surface area contributed by atoms with Crippen LogP contribution in [0.4, 0.5) is 14.5 Å². The second kappa shape index (κ2) is 7.09. The minimum absolute atomic E-state index is 0.0777. The van der Waals surface area contributed by atoms with Gasteiger partial charge in [0.2, 0.25) is 0 Å². The molecule has 0 aliphatic heterocycles. The predicted octanol–water partition coefficient (Wildman–Crippen LogP) is 3.19. The van der Waals surface area contributed by atoms with E-state index in [9.17, 15) is 23.7 Å². The monoisotopic (exact) mass is 358 g/mol. The molecule has 2 N–H and O–H groups in total. The predicted molar refractivity (Wildman–Crippen MR) is 88.2 cm³/mol. The number of hydrogen-bond donors (Lipinski definition) is 2. The van der Waals surface area contributed by atoms with Crippen LogP contribution in [0.25, 0.3) is 11.3 Å². The lowest BCUT2D eigenvalue weighted by Crippen LogP contribution is -2.23. The van der Waals surface area contributed by atoms with Crippen LogP contribution in [0.3, 0.4) is 0 Å². The molecule has 26 heavy (non-hydrogen) atoms. The van der Waals surface area contributed by atoms with Crippen LogP contribution < -0.4 is 5.32 Å². The first-order valence-corrected chi connectivity index (χ1v) is 7.46. The highest BCUT2D eigenvalue weighted by Crippen LogP contribution is 2.23. The van der Waals surface area contributed by atoms with Crippen molar-refractivity contribution in [3.05, 3.63) is 81.5 Å². The van der Waals surface area contributed by atoms with E-state index in [1.54, 1.807) is 0 Å². The maximum absolute atomic E-state index is 13.6. The Kier molecular flexibility index (Phi) is 4.70. The molecule has 3 rings (SSSR count). The molecular weight excluding hydrogens is 346 g/mol. The molecule has 0 bridgehead atoms. The van der Waals surface area contributed by atoms with E-state index >= 15 is 0 Å². The Morgan fingerprint density at radius 1 is 1.19 bits per heavy atom. The van der Waals surface area contributed by atoms with Gasteiger partial charge >= 0.3 is 0 Å². The fourth-order valence-electron chi connectivity index (χ4n) is 2.36. The largest absolute Gasteiger partial charge is 0.348 e. The minimum atomic E-state index is -0.756. The molecule has 2 aromatic carbocycles. The van der Waals surface area contributed by atoms with Crippen LogP contribution in [0.2, 0.25) is 0 Å². The first-order valence-electron chi connectivity index (χ1n) is 7.46. The molecule has 1 amide bonds. The summed E-state index contributed by atoms with van der Waals surface area (Å²) < 4.78 is 26.5. The zero-order valence-corrected chi connectivity index (χ0v) is 13.2. The summed E-state index contributed by atoms with van der Waals surface area (Å²) >= 11 is 0. The van der Waals surface area contributed by atoms with Crippen LogP contribution in [-0.2, 0) is 6.54 Å². The summed E-state index contributed by atoms with van der Waals surface area (Å²) in [4.78, 5) is 22.5. The first kappa shape index (κ1) is 17.2. The van der Waals surface area contributed by atoms with Crippen LogP contribution in [0.5, 0.6) is 0 Å². The summed E-state index contributed by atoms with van der Waals surface area (Å²) in [7, 11) is 0. The van der Waals surface area contributed by atoms with Crippen LogP contribution in [-0.4, -0.2) is 21.0 Å². The number of non-ortho nitro benzene ring substituents is 1. The standard InChI is InChI=1S/C17H12F2N4O3/c18-12-4-1-11(15(19)7-12)8-20-17(24)14-9-21-22-16(14)10-2-5-13(6-3-10)23(25)26/h1-7,9H,8H2,(H,20,24)(H,21,22). The number of nitro benzene ring substituents is 1. The van der Waals surface area contributed by atoms with Gasteiger partial charge in [-0.3, -0.25) is 20.0 Å². The van der Waals surface area contributed by atoms with Crippen molar-refractivity contribution >= 4 is 11.6 Å². The van der Waals surface area contributed by atoms with Crippen molar-refractivity contribution in [1.29, 1.82) is 0 Å². The zero-order chi connectivity index (χ0) is 18.7. The number of aromatic amines is 1. The maximum atomic E-state index is 13.6. The van der Waals surface area contributed by atoms with Crippen LogP contribution >= 0.6 is 0 Å². The van der Waals surface area contributed by atoms with E-state index in [0.29, 0.717) is 11.3 Å². The maximum Gasteiger partial charge on any atom is 0.269 e. The highest BCUT2D eigenvalue weighted by Gasteiger charge is 2.16. The molecule has 0 saturated heterocycles. The number of halogens is 2. The number of hydrogen-bond acceptors (Lipinski definition) is 4.